The summed E-state index contributed by atoms with van der Waals surface area (Å²) in [6.07, 6.45) is 0. The number of aliphatic carboxylic acids is 1. The van der Waals surface area contributed by atoms with Crippen LogP contribution in [0.3, 0.4) is 0 Å². The van der Waals surface area contributed by atoms with Gasteiger partial charge in [0.2, 0.25) is 0 Å². The fourth-order valence-electron chi connectivity index (χ4n) is 0.864. The van der Waals surface area contributed by atoms with Crippen molar-refractivity contribution in [3.8, 4) is 5.75 Å². The van der Waals surface area contributed by atoms with Gasteiger partial charge in [-0.05, 0) is 28.1 Å². The van der Waals surface area contributed by atoms with E-state index in [-0.39, 0.29) is 4.47 Å². The molecule has 1 aromatic rings. The maximum Gasteiger partial charge on any atom is 0.377 e. The van der Waals surface area contributed by atoms with Gasteiger partial charge in [-0.2, -0.15) is 0 Å². The first-order valence-corrected chi connectivity index (χ1v) is 4.19. The summed E-state index contributed by atoms with van der Waals surface area (Å²) < 4.78 is 13.0. The number of hydrogen-bond acceptors (Lipinski definition) is 3. The fraction of sp³-hybridized carbons (Fsp3) is 0. The highest BCUT2D eigenvalue weighted by Crippen LogP contribution is 2.29. The van der Waals surface area contributed by atoms with Gasteiger partial charge < -0.3 is 10.2 Å². The van der Waals surface area contributed by atoms with Gasteiger partial charge in [-0.25, -0.2) is 9.18 Å². The summed E-state index contributed by atoms with van der Waals surface area (Å²) in [5, 5.41) is 17.6. The van der Waals surface area contributed by atoms with Gasteiger partial charge in [-0.3, -0.25) is 4.79 Å². The number of hydrogen-bond donors (Lipinski definition) is 2. The molecule has 0 fully saturated rings. The number of ketones is 1. The molecule has 0 saturated carbocycles. The van der Waals surface area contributed by atoms with Crippen LogP contribution in [0.15, 0.2) is 16.6 Å². The average Bonchev–Trinajstić information content (AvgIpc) is 2.12. The number of phenolic OH excluding ortho intramolecular Hbond substituents is 1. The van der Waals surface area contributed by atoms with Crippen LogP contribution in [0, 0.1) is 5.82 Å². The minimum Gasteiger partial charge on any atom is -0.506 e. The van der Waals surface area contributed by atoms with Crippen molar-refractivity contribution in [1.29, 1.82) is 0 Å². The summed E-state index contributed by atoms with van der Waals surface area (Å²) in [6, 6.07) is 2.06. The topological polar surface area (TPSA) is 74.6 Å². The number of phenols is 1. The van der Waals surface area contributed by atoms with E-state index < -0.39 is 28.9 Å². The van der Waals surface area contributed by atoms with Crippen molar-refractivity contribution in [3.63, 3.8) is 0 Å². The number of carboxylic acids is 1. The third kappa shape index (κ3) is 1.74. The van der Waals surface area contributed by atoms with Gasteiger partial charge in [0.15, 0.2) is 0 Å². The third-order valence-electron chi connectivity index (χ3n) is 1.50. The first kappa shape index (κ1) is 10.6. The van der Waals surface area contributed by atoms with E-state index in [1.165, 1.54) is 6.07 Å². The highest BCUT2D eigenvalue weighted by atomic mass is 79.9. The Morgan fingerprint density at radius 1 is 1.36 bits per heavy atom. The molecule has 0 amide bonds. The molecule has 0 heterocycles. The summed E-state index contributed by atoms with van der Waals surface area (Å²) in [6.45, 7) is 0. The van der Waals surface area contributed by atoms with Crippen LogP contribution in [0.4, 0.5) is 4.39 Å². The van der Waals surface area contributed by atoms with Gasteiger partial charge in [0, 0.05) is 0 Å². The SMILES string of the molecule is O=C(O)C(=O)c1c(F)ccc(Br)c1O. The molecule has 0 aromatic heterocycles. The number of Topliss-reactive ketones (excluding diaryl/α,β-unsaturated/α-hetero) is 1. The van der Waals surface area contributed by atoms with Crippen molar-refractivity contribution in [2.45, 2.75) is 0 Å². The normalized spacial score (nSPS) is 9.86. The molecule has 14 heavy (non-hydrogen) atoms. The summed E-state index contributed by atoms with van der Waals surface area (Å²) in [7, 11) is 0. The molecule has 1 rings (SSSR count). The monoisotopic (exact) mass is 262 g/mol. The Morgan fingerprint density at radius 2 is 1.93 bits per heavy atom. The van der Waals surface area contributed by atoms with E-state index in [0.29, 0.717) is 0 Å². The number of benzene rings is 1. The Morgan fingerprint density at radius 3 is 2.43 bits per heavy atom. The lowest BCUT2D eigenvalue weighted by Gasteiger charge is -2.03. The van der Waals surface area contributed by atoms with Crippen molar-refractivity contribution in [1.82, 2.24) is 0 Å². The fourth-order valence-corrected chi connectivity index (χ4v) is 1.19. The van der Waals surface area contributed by atoms with E-state index in [1.54, 1.807) is 0 Å². The molecule has 0 aliphatic rings. The Bertz CT molecular complexity index is 416. The number of aromatic hydroxyl groups is 1. The maximum atomic E-state index is 13.0. The van der Waals surface area contributed by atoms with Gasteiger partial charge >= 0.3 is 5.97 Å². The molecule has 6 heteroatoms. The first-order valence-electron chi connectivity index (χ1n) is 3.39. The van der Waals surface area contributed by atoms with Crippen LogP contribution in [-0.4, -0.2) is 22.0 Å². The number of halogens is 2. The van der Waals surface area contributed by atoms with Crippen LogP contribution < -0.4 is 0 Å². The van der Waals surface area contributed by atoms with Gasteiger partial charge in [0.1, 0.15) is 17.1 Å². The number of carbonyl (C=O) groups excluding carboxylic acids is 1. The zero-order valence-corrected chi connectivity index (χ0v) is 8.21. The van der Waals surface area contributed by atoms with E-state index >= 15 is 0 Å². The number of carbonyl (C=O) groups is 2. The summed E-state index contributed by atoms with van der Waals surface area (Å²) in [5.41, 5.74) is -0.841. The third-order valence-corrected chi connectivity index (χ3v) is 2.14. The van der Waals surface area contributed by atoms with Gasteiger partial charge in [0.05, 0.1) is 4.47 Å². The lowest BCUT2D eigenvalue weighted by atomic mass is 10.1. The zero-order chi connectivity index (χ0) is 10.9. The van der Waals surface area contributed by atoms with Crippen molar-refractivity contribution in [3.05, 3.63) is 28.0 Å². The molecule has 4 nitrogen and oxygen atoms in total. The molecule has 2 N–H and O–H groups in total. The van der Waals surface area contributed by atoms with Crippen LogP contribution in [-0.2, 0) is 4.79 Å². The van der Waals surface area contributed by atoms with Crippen molar-refractivity contribution >= 4 is 27.7 Å². The molecule has 0 saturated heterocycles. The first-order chi connectivity index (χ1) is 6.45. The highest BCUT2D eigenvalue weighted by molar-refractivity contribution is 9.10. The molecule has 0 spiro atoms. The predicted octanol–water partition coefficient (Wildman–Crippen LogP) is 1.56. The van der Waals surface area contributed by atoms with E-state index in [0.717, 1.165) is 6.07 Å². The lowest BCUT2D eigenvalue weighted by Crippen LogP contribution is -2.14. The molecular weight excluding hydrogens is 259 g/mol. The van der Waals surface area contributed by atoms with Gasteiger partial charge in [0.25, 0.3) is 5.78 Å². The van der Waals surface area contributed by atoms with Crippen molar-refractivity contribution in [2.75, 3.05) is 0 Å². The molecule has 0 aliphatic heterocycles. The van der Waals surface area contributed by atoms with Crippen LogP contribution in [0.5, 0.6) is 5.75 Å². The molecule has 0 atom stereocenters. The van der Waals surface area contributed by atoms with Crippen molar-refractivity contribution in [2.24, 2.45) is 0 Å². The van der Waals surface area contributed by atoms with E-state index in [1.807, 2.05) is 0 Å². The Balaban J connectivity index is 3.40. The molecular formula is C8H4BrFO4. The Hall–Kier alpha value is -1.43. The minimum absolute atomic E-state index is 0.0588. The summed E-state index contributed by atoms with van der Waals surface area (Å²) in [4.78, 5) is 21.2. The van der Waals surface area contributed by atoms with E-state index in [9.17, 15) is 19.1 Å². The second-order valence-electron chi connectivity index (χ2n) is 2.39. The lowest BCUT2D eigenvalue weighted by molar-refractivity contribution is -0.131. The van der Waals surface area contributed by atoms with Crippen LogP contribution in [0.2, 0.25) is 0 Å². The highest BCUT2D eigenvalue weighted by Gasteiger charge is 2.24. The summed E-state index contributed by atoms with van der Waals surface area (Å²) in [5.74, 6) is -5.09. The largest absolute Gasteiger partial charge is 0.506 e. The zero-order valence-electron chi connectivity index (χ0n) is 6.62. The van der Waals surface area contributed by atoms with Gasteiger partial charge in [-0.1, -0.05) is 0 Å². The second kappa shape index (κ2) is 3.75. The standard InChI is InChI=1S/C8H4BrFO4/c9-3-1-2-4(10)5(6(3)11)7(12)8(13)14/h1-2,11H,(H,13,14). The molecule has 0 aliphatic carbocycles. The van der Waals surface area contributed by atoms with Crippen molar-refractivity contribution < 1.29 is 24.2 Å². The van der Waals surface area contributed by atoms with Gasteiger partial charge in [-0.15, -0.1) is 0 Å². The van der Waals surface area contributed by atoms with Crippen LogP contribution in [0.1, 0.15) is 10.4 Å². The number of rotatable bonds is 2. The average molecular weight is 263 g/mol. The Labute approximate surface area is 86.1 Å². The second-order valence-corrected chi connectivity index (χ2v) is 3.24. The Kier molecular flexibility index (Phi) is 2.85. The number of carboxylic acid groups (broad SMARTS) is 1. The predicted molar refractivity (Wildman–Crippen MR) is 47.7 cm³/mol. The smallest absolute Gasteiger partial charge is 0.377 e. The maximum absolute atomic E-state index is 13.0. The molecule has 0 bridgehead atoms. The van der Waals surface area contributed by atoms with E-state index in [4.69, 9.17) is 5.11 Å². The van der Waals surface area contributed by atoms with E-state index in [2.05, 4.69) is 15.9 Å². The quantitative estimate of drug-likeness (QED) is 0.627. The van der Waals surface area contributed by atoms with Crippen LogP contribution in [0.25, 0.3) is 0 Å². The molecule has 74 valence electrons. The molecule has 1 aromatic carbocycles. The summed E-state index contributed by atoms with van der Waals surface area (Å²) >= 11 is 2.84. The molecule has 0 radical (unpaired) electrons. The van der Waals surface area contributed by atoms with Crippen LogP contribution >= 0.6 is 15.9 Å². The molecule has 0 unspecified atom stereocenters. The minimum atomic E-state index is -1.82.